The highest BCUT2D eigenvalue weighted by atomic mass is 32.2. The van der Waals surface area contributed by atoms with Crippen LogP contribution in [0.15, 0.2) is 23.1 Å². The Morgan fingerprint density at radius 1 is 1.60 bits per heavy atom. The number of fused-ring (bicyclic) bond motifs is 1. The van der Waals surface area contributed by atoms with Crippen molar-refractivity contribution in [3.63, 3.8) is 0 Å². The van der Waals surface area contributed by atoms with E-state index in [-0.39, 0.29) is 0 Å². The largest absolute Gasteiger partial charge is 0.497 e. The highest BCUT2D eigenvalue weighted by Gasteiger charge is 2.20. The number of aldehydes is 1. The number of hydrogen-bond donors (Lipinski definition) is 1. The van der Waals surface area contributed by atoms with Crippen molar-refractivity contribution in [2.75, 3.05) is 12.4 Å². The molecule has 0 fully saturated rings. The quantitative estimate of drug-likeness (QED) is 0.796. The summed E-state index contributed by atoms with van der Waals surface area (Å²) in [4.78, 5) is 11.5. The van der Waals surface area contributed by atoms with E-state index in [0.29, 0.717) is 11.8 Å². The highest BCUT2D eigenvalue weighted by molar-refractivity contribution is 8.00. The lowest BCUT2D eigenvalue weighted by Crippen LogP contribution is -2.09. The fourth-order valence-electron chi connectivity index (χ4n) is 1.55. The minimum absolute atomic E-state index is 0.317. The summed E-state index contributed by atoms with van der Waals surface area (Å²) in [6.07, 6.45) is 2.44. The highest BCUT2D eigenvalue weighted by Crippen LogP contribution is 2.41. The molecule has 0 bridgehead atoms. The van der Waals surface area contributed by atoms with Gasteiger partial charge in [-0.15, -0.1) is 0 Å². The number of carbonyl (C=O) groups is 1. The van der Waals surface area contributed by atoms with Crippen molar-refractivity contribution in [1.29, 1.82) is 0 Å². The van der Waals surface area contributed by atoms with E-state index in [1.165, 1.54) is 4.90 Å². The molecule has 4 heteroatoms. The van der Waals surface area contributed by atoms with Crippen molar-refractivity contribution in [1.82, 2.24) is 0 Å². The van der Waals surface area contributed by atoms with Gasteiger partial charge in [-0.1, -0.05) is 11.8 Å². The Bertz CT molecular complexity index is 368. The van der Waals surface area contributed by atoms with Crippen LogP contribution in [-0.2, 0) is 4.79 Å². The van der Waals surface area contributed by atoms with E-state index in [0.717, 1.165) is 24.1 Å². The molecule has 1 N–H and O–H groups in total. The van der Waals surface area contributed by atoms with Gasteiger partial charge in [-0.05, 0) is 24.6 Å². The standard InChI is InChI=1S/C11H13NO2S/c1-14-8-4-5-9-10(7-8)15-11(12-9)3-2-6-13/h4-7,11-12H,2-3H2,1H3. The Morgan fingerprint density at radius 3 is 3.20 bits per heavy atom. The second kappa shape index (κ2) is 4.57. The molecule has 3 nitrogen and oxygen atoms in total. The first-order chi connectivity index (χ1) is 7.33. The lowest BCUT2D eigenvalue weighted by Gasteiger charge is -2.06. The molecule has 15 heavy (non-hydrogen) atoms. The molecule has 0 saturated carbocycles. The first kappa shape index (κ1) is 10.4. The predicted octanol–water partition coefficient (Wildman–Crippen LogP) is 2.52. The monoisotopic (exact) mass is 223 g/mol. The van der Waals surface area contributed by atoms with Gasteiger partial charge >= 0.3 is 0 Å². The molecule has 0 aromatic heterocycles. The van der Waals surface area contributed by atoms with Gasteiger partial charge < -0.3 is 14.8 Å². The molecule has 1 unspecified atom stereocenters. The molecule has 80 valence electrons. The van der Waals surface area contributed by atoms with Crippen LogP contribution in [0.4, 0.5) is 5.69 Å². The zero-order chi connectivity index (χ0) is 10.7. The van der Waals surface area contributed by atoms with Gasteiger partial charge in [0.05, 0.1) is 12.5 Å². The van der Waals surface area contributed by atoms with Crippen LogP contribution in [0, 0.1) is 0 Å². The van der Waals surface area contributed by atoms with Gasteiger partial charge in [0, 0.05) is 17.0 Å². The number of hydrogen-bond acceptors (Lipinski definition) is 4. The maximum atomic E-state index is 10.3. The predicted molar refractivity (Wildman–Crippen MR) is 61.6 cm³/mol. The zero-order valence-electron chi connectivity index (χ0n) is 8.53. The van der Waals surface area contributed by atoms with Gasteiger partial charge in [-0.2, -0.15) is 0 Å². The van der Waals surface area contributed by atoms with E-state index in [1.807, 2.05) is 18.2 Å². The fourth-order valence-corrected chi connectivity index (χ4v) is 2.74. The minimum atomic E-state index is 0.317. The summed E-state index contributed by atoms with van der Waals surface area (Å²) in [6, 6.07) is 5.98. The molecule has 2 rings (SSSR count). The summed E-state index contributed by atoms with van der Waals surface area (Å²) in [5, 5.41) is 3.69. The van der Waals surface area contributed by atoms with E-state index >= 15 is 0 Å². The van der Waals surface area contributed by atoms with Crippen molar-refractivity contribution in [3.05, 3.63) is 18.2 Å². The Hall–Kier alpha value is -1.16. The van der Waals surface area contributed by atoms with Crippen LogP contribution in [0.3, 0.4) is 0 Å². The van der Waals surface area contributed by atoms with E-state index in [2.05, 4.69) is 5.32 Å². The molecular formula is C11H13NO2S. The van der Waals surface area contributed by atoms with E-state index in [1.54, 1.807) is 18.9 Å². The van der Waals surface area contributed by atoms with Crippen LogP contribution < -0.4 is 10.1 Å². The molecule has 0 saturated heterocycles. The van der Waals surface area contributed by atoms with E-state index in [9.17, 15) is 4.79 Å². The third-order valence-electron chi connectivity index (χ3n) is 2.32. The fraction of sp³-hybridized carbons (Fsp3) is 0.364. The van der Waals surface area contributed by atoms with Crippen LogP contribution in [0.1, 0.15) is 12.8 Å². The average Bonchev–Trinajstić information content (AvgIpc) is 2.67. The zero-order valence-corrected chi connectivity index (χ0v) is 9.34. The number of anilines is 1. The van der Waals surface area contributed by atoms with Crippen LogP contribution in [0.5, 0.6) is 5.75 Å². The summed E-state index contributed by atoms with van der Waals surface area (Å²) in [7, 11) is 1.67. The van der Waals surface area contributed by atoms with E-state index < -0.39 is 0 Å². The van der Waals surface area contributed by atoms with Gasteiger partial charge in [-0.3, -0.25) is 0 Å². The lowest BCUT2D eigenvalue weighted by molar-refractivity contribution is -0.107. The Morgan fingerprint density at radius 2 is 2.47 bits per heavy atom. The van der Waals surface area contributed by atoms with Crippen LogP contribution in [0.2, 0.25) is 0 Å². The number of rotatable bonds is 4. The second-order valence-corrected chi connectivity index (χ2v) is 4.60. The Labute approximate surface area is 93.2 Å². The van der Waals surface area contributed by atoms with Gasteiger partial charge in [0.25, 0.3) is 0 Å². The summed E-state index contributed by atoms with van der Waals surface area (Å²) < 4.78 is 5.16. The van der Waals surface area contributed by atoms with Crippen molar-refractivity contribution in [2.24, 2.45) is 0 Å². The number of carbonyl (C=O) groups excluding carboxylic acids is 1. The molecule has 0 spiro atoms. The summed E-state index contributed by atoms with van der Waals surface area (Å²) in [5.41, 5.74) is 1.14. The van der Waals surface area contributed by atoms with E-state index in [4.69, 9.17) is 4.74 Å². The van der Waals surface area contributed by atoms with Gasteiger partial charge in [0.2, 0.25) is 0 Å². The Kier molecular flexibility index (Phi) is 3.16. The van der Waals surface area contributed by atoms with Gasteiger partial charge in [-0.25, -0.2) is 0 Å². The van der Waals surface area contributed by atoms with Crippen molar-refractivity contribution < 1.29 is 9.53 Å². The van der Waals surface area contributed by atoms with Gasteiger partial charge in [0.15, 0.2) is 0 Å². The second-order valence-electron chi connectivity index (χ2n) is 3.36. The van der Waals surface area contributed by atoms with Crippen LogP contribution in [-0.4, -0.2) is 18.8 Å². The van der Waals surface area contributed by atoms with Crippen LogP contribution >= 0.6 is 11.8 Å². The molecule has 1 aliphatic rings. The van der Waals surface area contributed by atoms with Gasteiger partial charge in [0.1, 0.15) is 12.0 Å². The summed E-state index contributed by atoms with van der Waals surface area (Å²) in [5.74, 6) is 0.874. The maximum Gasteiger partial charge on any atom is 0.120 e. The van der Waals surface area contributed by atoms with Crippen LogP contribution in [0.25, 0.3) is 0 Å². The summed E-state index contributed by atoms with van der Waals surface area (Å²) in [6.45, 7) is 0. The third kappa shape index (κ3) is 2.26. The van der Waals surface area contributed by atoms with Crippen molar-refractivity contribution >= 4 is 23.7 Å². The molecule has 1 atom stereocenters. The topological polar surface area (TPSA) is 38.3 Å². The number of benzene rings is 1. The molecule has 0 aliphatic carbocycles. The first-order valence-corrected chi connectivity index (χ1v) is 5.76. The van der Waals surface area contributed by atoms with Crippen molar-refractivity contribution in [3.8, 4) is 5.75 Å². The van der Waals surface area contributed by atoms with Crippen molar-refractivity contribution in [2.45, 2.75) is 23.1 Å². The smallest absolute Gasteiger partial charge is 0.120 e. The molecule has 1 aromatic rings. The SMILES string of the molecule is COc1ccc2c(c1)SC(CCC=O)N2. The summed E-state index contributed by atoms with van der Waals surface area (Å²) >= 11 is 1.76. The molecule has 0 amide bonds. The average molecular weight is 223 g/mol. The number of ether oxygens (including phenoxy) is 1. The third-order valence-corrected chi connectivity index (χ3v) is 3.55. The number of thioether (sulfide) groups is 1. The molecule has 0 radical (unpaired) electrons. The number of nitrogens with one attached hydrogen (secondary N) is 1. The normalized spacial score (nSPS) is 18.1. The lowest BCUT2D eigenvalue weighted by atomic mass is 10.3. The number of methoxy groups -OCH3 is 1. The maximum absolute atomic E-state index is 10.3. The molecule has 1 aliphatic heterocycles. The first-order valence-electron chi connectivity index (χ1n) is 4.88. The molecular weight excluding hydrogens is 210 g/mol. The molecule has 1 heterocycles. The minimum Gasteiger partial charge on any atom is -0.497 e. The molecule has 1 aromatic carbocycles. The Balaban J connectivity index is 2.06.